The number of hydrogen-bond donors (Lipinski definition) is 0. The Bertz CT molecular complexity index is 3400. The van der Waals surface area contributed by atoms with Crippen LogP contribution < -0.4 is 4.90 Å². The van der Waals surface area contributed by atoms with Gasteiger partial charge in [-0.3, -0.25) is 0 Å². The van der Waals surface area contributed by atoms with E-state index in [9.17, 15) is 0 Å². The van der Waals surface area contributed by atoms with E-state index in [0.717, 1.165) is 11.4 Å². The van der Waals surface area contributed by atoms with E-state index >= 15 is 0 Å². The number of rotatable bonds is 4. The summed E-state index contributed by atoms with van der Waals surface area (Å²) >= 11 is 3.83. The second-order valence-corrected chi connectivity index (χ2v) is 17.8. The van der Waals surface area contributed by atoms with Gasteiger partial charge < -0.3 is 4.90 Å². The number of nitrogens with zero attached hydrogens (tertiary/aromatic N) is 1. The molecule has 0 saturated carbocycles. The summed E-state index contributed by atoms with van der Waals surface area (Å²) in [4.78, 5) is 2.49. The topological polar surface area (TPSA) is 3.24 Å². The van der Waals surface area contributed by atoms with Gasteiger partial charge in [-0.1, -0.05) is 141 Å². The normalized spacial score (nSPS) is 13.3. The molecule has 1 nitrogen and oxygen atoms in total. The van der Waals surface area contributed by atoms with Gasteiger partial charge in [0.15, 0.2) is 0 Å². The Hall–Kier alpha value is -6.26. The number of hydrogen-bond acceptors (Lipinski definition) is 3. The molecule has 0 radical (unpaired) electrons. The maximum atomic E-state index is 2.49. The Morgan fingerprint density at radius 3 is 1.96 bits per heavy atom. The molecular formula is C53H35NS2. The summed E-state index contributed by atoms with van der Waals surface area (Å²) in [5, 5.41) is 10.6. The molecule has 1 aliphatic rings. The van der Waals surface area contributed by atoms with Gasteiger partial charge in [-0.25, -0.2) is 0 Å². The van der Waals surface area contributed by atoms with Gasteiger partial charge >= 0.3 is 0 Å². The van der Waals surface area contributed by atoms with Crippen molar-refractivity contribution in [3.05, 3.63) is 187 Å². The lowest BCUT2D eigenvalue weighted by Gasteiger charge is -2.29. The Morgan fingerprint density at radius 1 is 0.429 bits per heavy atom. The Labute approximate surface area is 333 Å². The first-order valence-corrected chi connectivity index (χ1v) is 21.0. The zero-order chi connectivity index (χ0) is 37.1. The molecule has 0 aliphatic heterocycles. The zero-order valence-electron chi connectivity index (χ0n) is 31.0. The van der Waals surface area contributed by atoms with E-state index in [0.29, 0.717) is 0 Å². The minimum absolute atomic E-state index is 0.0943. The highest BCUT2D eigenvalue weighted by Gasteiger charge is 2.37. The van der Waals surface area contributed by atoms with Gasteiger partial charge in [0.25, 0.3) is 0 Å². The van der Waals surface area contributed by atoms with E-state index in [1.807, 2.05) is 22.7 Å². The average Bonchev–Trinajstić information content (AvgIpc) is 3.89. The van der Waals surface area contributed by atoms with Crippen LogP contribution in [0, 0.1) is 0 Å². The van der Waals surface area contributed by atoms with Crippen molar-refractivity contribution >= 4 is 102 Å². The molecule has 0 atom stereocenters. The van der Waals surface area contributed by atoms with Crippen LogP contribution in [0.4, 0.5) is 17.1 Å². The van der Waals surface area contributed by atoms with E-state index in [2.05, 4.69) is 195 Å². The molecule has 0 N–H and O–H groups in total. The summed E-state index contributed by atoms with van der Waals surface area (Å²) in [6, 6.07) is 65.7. The maximum Gasteiger partial charge on any atom is 0.0543 e. The average molecular weight is 750 g/mol. The Morgan fingerprint density at radius 2 is 1.09 bits per heavy atom. The van der Waals surface area contributed by atoms with E-state index in [-0.39, 0.29) is 5.41 Å². The second kappa shape index (κ2) is 11.9. The van der Waals surface area contributed by atoms with E-state index in [1.165, 1.54) is 101 Å². The largest absolute Gasteiger partial charge is 0.310 e. The monoisotopic (exact) mass is 749 g/mol. The van der Waals surface area contributed by atoms with Crippen molar-refractivity contribution in [2.24, 2.45) is 0 Å². The minimum atomic E-state index is -0.0943. The fourth-order valence-corrected chi connectivity index (χ4v) is 11.9. The standard InChI is InChI=1S/C53H35NS2/c1-53(2)43-15-8-7-14-40(43)49-44(53)16-9-17-45(49)54(37-23-20-33(21-24-37)36-19-18-32-10-3-4-12-35(32)30-36)38-25-27-41-48(31-38)55-46-28-29-47-51(50(41)46)42-26-22-34-11-5-6-13-39(34)52(42)56-47/h3-31H,1-2H3. The van der Waals surface area contributed by atoms with Crippen LogP contribution in [0.25, 0.3) is 84.1 Å². The zero-order valence-corrected chi connectivity index (χ0v) is 32.6. The van der Waals surface area contributed by atoms with Crippen LogP contribution in [0.15, 0.2) is 176 Å². The second-order valence-electron chi connectivity index (χ2n) is 15.7. The molecule has 2 aromatic heterocycles. The first-order valence-electron chi connectivity index (χ1n) is 19.3. The molecule has 0 amide bonds. The molecule has 0 bridgehead atoms. The van der Waals surface area contributed by atoms with Crippen LogP contribution in [-0.2, 0) is 5.41 Å². The van der Waals surface area contributed by atoms with Gasteiger partial charge in [0.05, 0.1) is 5.69 Å². The highest BCUT2D eigenvalue weighted by atomic mass is 32.1. The van der Waals surface area contributed by atoms with Gasteiger partial charge in [-0.15, -0.1) is 22.7 Å². The minimum Gasteiger partial charge on any atom is -0.310 e. The van der Waals surface area contributed by atoms with Gasteiger partial charge in [0.1, 0.15) is 0 Å². The van der Waals surface area contributed by atoms with Crippen molar-refractivity contribution in [3.63, 3.8) is 0 Å². The Balaban J connectivity index is 1.07. The molecule has 3 heteroatoms. The summed E-state index contributed by atoms with van der Waals surface area (Å²) in [7, 11) is 0. The molecule has 9 aromatic carbocycles. The van der Waals surface area contributed by atoms with Crippen molar-refractivity contribution in [3.8, 4) is 22.3 Å². The molecule has 1 aliphatic carbocycles. The van der Waals surface area contributed by atoms with Gasteiger partial charge in [0, 0.05) is 62.7 Å². The van der Waals surface area contributed by atoms with Crippen molar-refractivity contribution in [1.29, 1.82) is 0 Å². The number of fused-ring (bicyclic) bond motifs is 13. The molecule has 0 fully saturated rings. The van der Waals surface area contributed by atoms with Crippen molar-refractivity contribution in [2.45, 2.75) is 19.3 Å². The van der Waals surface area contributed by atoms with Gasteiger partial charge in [-0.05, 0) is 97.9 Å². The molecular weight excluding hydrogens is 715 g/mol. The molecule has 0 unspecified atom stereocenters. The first kappa shape index (κ1) is 32.0. The highest BCUT2D eigenvalue weighted by molar-refractivity contribution is 7.28. The van der Waals surface area contributed by atoms with Crippen molar-refractivity contribution < 1.29 is 0 Å². The summed E-state index contributed by atoms with van der Waals surface area (Å²) in [5.41, 5.74) is 11.3. The summed E-state index contributed by atoms with van der Waals surface area (Å²) in [5.74, 6) is 0. The molecule has 264 valence electrons. The van der Waals surface area contributed by atoms with Gasteiger partial charge in [0.2, 0.25) is 0 Å². The Kier molecular flexibility index (Phi) is 6.79. The van der Waals surface area contributed by atoms with Crippen LogP contribution in [0.3, 0.4) is 0 Å². The molecule has 56 heavy (non-hydrogen) atoms. The van der Waals surface area contributed by atoms with Gasteiger partial charge in [-0.2, -0.15) is 0 Å². The summed E-state index contributed by atoms with van der Waals surface area (Å²) in [6.07, 6.45) is 0. The molecule has 11 aromatic rings. The predicted molar refractivity (Wildman–Crippen MR) is 245 cm³/mol. The fourth-order valence-electron chi connectivity index (χ4n) is 9.51. The lowest BCUT2D eigenvalue weighted by atomic mass is 9.82. The SMILES string of the molecule is CC1(C)c2ccccc2-c2c(N(c3ccc(-c4ccc5ccccc5c4)cc3)c3ccc4c(c3)sc3ccc5sc6c7ccccc7ccc6c5c34)cccc21. The van der Waals surface area contributed by atoms with Crippen molar-refractivity contribution in [1.82, 2.24) is 0 Å². The third-order valence-corrected chi connectivity index (χ3v) is 14.6. The van der Waals surface area contributed by atoms with E-state index in [4.69, 9.17) is 0 Å². The van der Waals surface area contributed by atoms with Crippen molar-refractivity contribution in [2.75, 3.05) is 4.90 Å². The summed E-state index contributed by atoms with van der Waals surface area (Å²) in [6.45, 7) is 4.73. The first-order chi connectivity index (χ1) is 27.5. The van der Waals surface area contributed by atoms with E-state index in [1.54, 1.807) is 0 Å². The third-order valence-electron chi connectivity index (χ3n) is 12.2. The predicted octanol–water partition coefficient (Wildman–Crippen LogP) is 16.2. The summed E-state index contributed by atoms with van der Waals surface area (Å²) < 4.78 is 5.36. The molecule has 0 saturated heterocycles. The lowest BCUT2D eigenvalue weighted by molar-refractivity contribution is 0.660. The molecule has 2 heterocycles. The highest BCUT2D eigenvalue weighted by Crippen LogP contribution is 2.55. The van der Waals surface area contributed by atoms with Crippen LogP contribution in [0.2, 0.25) is 0 Å². The van der Waals surface area contributed by atoms with Crippen LogP contribution >= 0.6 is 22.7 Å². The van der Waals surface area contributed by atoms with Crippen LogP contribution in [-0.4, -0.2) is 0 Å². The molecule has 12 rings (SSSR count). The van der Waals surface area contributed by atoms with Crippen LogP contribution in [0.1, 0.15) is 25.0 Å². The fraction of sp³-hybridized carbons (Fsp3) is 0.0566. The number of benzene rings is 9. The maximum absolute atomic E-state index is 2.49. The lowest BCUT2D eigenvalue weighted by Crippen LogP contribution is -2.16. The quantitative estimate of drug-likeness (QED) is 0.173. The number of thiophene rings is 2. The smallest absolute Gasteiger partial charge is 0.0543 e. The molecule has 0 spiro atoms. The number of anilines is 3. The third kappa shape index (κ3) is 4.59. The van der Waals surface area contributed by atoms with Crippen LogP contribution in [0.5, 0.6) is 0 Å². The van der Waals surface area contributed by atoms with E-state index < -0.39 is 0 Å².